The van der Waals surface area contributed by atoms with E-state index >= 15 is 0 Å². The molecular weight excluding hydrogens is 254 g/mol. The molecule has 1 aromatic heterocycles. The highest BCUT2D eigenvalue weighted by Crippen LogP contribution is 2.41. The van der Waals surface area contributed by atoms with E-state index in [1.807, 2.05) is 0 Å². The average Bonchev–Trinajstić information content (AvgIpc) is 2.64. The molecule has 0 radical (unpaired) electrons. The zero-order valence-corrected chi connectivity index (χ0v) is 14.5. The standard InChI is InChI=1S/C20H29N/c1-19(2,3)15-11-10-14-12-18(20(4,5)6)21(17(14)13-15)16-8-7-9-16/h10-13,16H,7-9H2,1-6H3. The number of hydrogen-bond donors (Lipinski definition) is 0. The Labute approximate surface area is 129 Å². The van der Waals surface area contributed by atoms with E-state index in [1.165, 1.54) is 41.4 Å². The highest BCUT2D eigenvalue weighted by molar-refractivity contribution is 5.83. The van der Waals surface area contributed by atoms with Crippen molar-refractivity contribution in [3.05, 3.63) is 35.5 Å². The lowest BCUT2D eigenvalue weighted by Crippen LogP contribution is -2.24. The van der Waals surface area contributed by atoms with E-state index in [1.54, 1.807) is 0 Å². The molecule has 1 aromatic carbocycles. The Kier molecular flexibility index (Phi) is 3.24. The van der Waals surface area contributed by atoms with Gasteiger partial charge in [-0.25, -0.2) is 0 Å². The first-order valence-corrected chi connectivity index (χ1v) is 8.34. The molecule has 2 aromatic rings. The van der Waals surface area contributed by atoms with Crippen LogP contribution >= 0.6 is 0 Å². The number of fused-ring (bicyclic) bond motifs is 1. The molecule has 0 unspecified atom stereocenters. The van der Waals surface area contributed by atoms with Crippen LogP contribution in [0.15, 0.2) is 24.3 Å². The summed E-state index contributed by atoms with van der Waals surface area (Å²) >= 11 is 0. The largest absolute Gasteiger partial charge is 0.341 e. The zero-order valence-electron chi connectivity index (χ0n) is 14.5. The van der Waals surface area contributed by atoms with Gasteiger partial charge in [-0.05, 0) is 47.8 Å². The van der Waals surface area contributed by atoms with E-state index < -0.39 is 0 Å². The predicted octanol–water partition coefficient (Wildman–Crippen LogP) is 5.96. The number of hydrogen-bond acceptors (Lipinski definition) is 0. The summed E-state index contributed by atoms with van der Waals surface area (Å²) in [6, 6.07) is 10.2. The summed E-state index contributed by atoms with van der Waals surface area (Å²) < 4.78 is 2.65. The Balaban J connectivity index is 2.25. The lowest BCUT2D eigenvalue weighted by Gasteiger charge is -2.33. The molecule has 1 heteroatoms. The van der Waals surface area contributed by atoms with Gasteiger partial charge >= 0.3 is 0 Å². The minimum absolute atomic E-state index is 0.205. The van der Waals surface area contributed by atoms with Gasteiger partial charge in [0.2, 0.25) is 0 Å². The molecule has 3 rings (SSSR count). The molecule has 1 nitrogen and oxygen atoms in total. The summed E-state index contributed by atoms with van der Waals surface area (Å²) in [6.45, 7) is 13.9. The summed E-state index contributed by atoms with van der Waals surface area (Å²) in [5.41, 5.74) is 4.79. The Hall–Kier alpha value is -1.24. The van der Waals surface area contributed by atoms with Crippen LogP contribution in [-0.4, -0.2) is 4.57 Å². The van der Waals surface area contributed by atoms with E-state index in [0.717, 1.165) is 0 Å². The van der Waals surface area contributed by atoms with Gasteiger partial charge in [-0.15, -0.1) is 0 Å². The maximum Gasteiger partial charge on any atom is 0.0488 e. The molecule has 21 heavy (non-hydrogen) atoms. The topological polar surface area (TPSA) is 4.93 Å². The molecule has 0 amide bonds. The van der Waals surface area contributed by atoms with E-state index in [9.17, 15) is 0 Å². The number of benzene rings is 1. The second-order valence-corrected chi connectivity index (χ2v) is 8.76. The van der Waals surface area contributed by atoms with Crippen LogP contribution in [0.1, 0.15) is 78.1 Å². The first kappa shape index (κ1) is 14.7. The molecule has 1 heterocycles. The normalized spacial score (nSPS) is 17.2. The fraction of sp³-hybridized carbons (Fsp3) is 0.600. The molecule has 0 atom stereocenters. The van der Waals surface area contributed by atoms with Crippen LogP contribution in [0.5, 0.6) is 0 Å². The van der Waals surface area contributed by atoms with Gasteiger partial charge in [-0.2, -0.15) is 0 Å². The summed E-state index contributed by atoms with van der Waals surface area (Å²) in [4.78, 5) is 0. The number of aromatic nitrogens is 1. The SMILES string of the molecule is CC(C)(C)c1ccc2cc(C(C)(C)C)n(C3CCC3)c2c1. The van der Waals surface area contributed by atoms with Gasteiger partial charge in [0.15, 0.2) is 0 Å². The lowest BCUT2D eigenvalue weighted by atomic mass is 9.86. The van der Waals surface area contributed by atoms with E-state index in [4.69, 9.17) is 0 Å². The summed E-state index contributed by atoms with van der Waals surface area (Å²) in [5, 5.41) is 1.40. The Morgan fingerprint density at radius 2 is 1.57 bits per heavy atom. The van der Waals surface area contributed by atoms with Gasteiger partial charge in [0.25, 0.3) is 0 Å². The van der Waals surface area contributed by atoms with E-state index in [0.29, 0.717) is 6.04 Å². The van der Waals surface area contributed by atoms with Crippen molar-refractivity contribution in [1.82, 2.24) is 4.57 Å². The Morgan fingerprint density at radius 1 is 0.905 bits per heavy atom. The van der Waals surface area contributed by atoms with Crippen LogP contribution < -0.4 is 0 Å². The third kappa shape index (κ3) is 2.52. The summed E-state index contributed by atoms with van der Waals surface area (Å²) in [6.07, 6.45) is 4.06. The second-order valence-electron chi connectivity index (χ2n) is 8.76. The van der Waals surface area contributed by atoms with Gasteiger partial charge < -0.3 is 4.57 Å². The lowest BCUT2D eigenvalue weighted by molar-refractivity contribution is 0.304. The van der Waals surface area contributed by atoms with Crippen molar-refractivity contribution < 1.29 is 0 Å². The molecule has 1 fully saturated rings. The maximum atomic E-state index is 2.65. The van der Waals surface area contributed by atoms with E-state index in [-0.39, 0.29) is 10.8 Å². The van der Waals surface area contributed by atoms with Gasteiger partial charge in [0.05, 0.1) is 0 Å². The van der Waals surface area contributed by atoms with Crippen LogP contribution in [0.25, 0.3) is 10.9 Å². The Morgan fingerprint density at radius 3 is 2.05 bits per heavy atom. The van der Waals surface area contributed by atoms with Crippen molar-refractivity contribution in [1.29, 1.82) is 0 Å². The van der Waals surface area contributed by atoms with Crippen molar-refractivity contribution in [3.8, 4) is 0 Å². The smallest absolute Gasteiger partial charge is 0.0488 e. The molecule has 1 saturated carbocycles. The first-order chi connectivity index (χ1) is 9.68. The van der Waals surface area contributed by atoms with Gasteiger partial charge in [0.1, 0.15) is 0 Å². The molecule has 0 spiro atoms. The molecule has 1 aliphatic carbocycles. The third-order valence-electron chi connectivity index (χ3n) is 4.92. The minimum Gasteiger partial charge on any atom is -0.341 e. The summed E-state index contributed by atoms with van der Waals surface area (Å²) in [7, 11) is 0. The molecule has 0 bridgehead atoms. The monoisotopic (exact) mass is 283 g/mol. The molecule has 114 valence electrons. The van der Waals surface area contributed by atoms with Crippen LogP contribution in [0.2, 0.25) is 0 Å². The predicted molar refractivity (Wildman–Crippen MR) is 92.2 cm³/mol. The minimum atomic E-state index is 0.205. The van der Waals surface area contributed by atoms with Gasteiger partial charge in [-0.3, -0.25) is 0 Å². The number of nitrogens with zero attached hydrogens (tertiary/aromatic N) is 1. The molecule has 0 N–H and O–H groups in total. The van der Waals surface area contributed by atoms with Crippen LogP contribution in [0.3, 0.4) is 0 Å². The fourth-order valence-electron chi connectivity index (χ4n) is 3.30. The average molecular weight is 283 g/mol. The highest BCUT2D eigenvalue weighted by atomic mass is 15.0. The molecule has 0 aliphatic heterocycles. The van der Waals surface area contributed by atoms with Crippen molar-refractivity contribution >= 4 is 10.9 Å². The van der Waals surface area contributed by atoms with E-state index in [2.05, 4.69) is 70.4 Å². The highest BCUT2D eigenvalue weighted by Gasteiger charge is 2.29. The molecule has 1 aliphatic rings. The zero-order chi connectivity index (χ0) is 15.4. The van der Waals surface area contributed by atoms with Gasteiger partial charge in [-0.1, -0.05) is 53.7 Å². The van der Waals surface area contributed by atoms with Crippen molar-refractivity contribution in [3.63, 3.8) is 0 Å². The van der Waals surface area contributed by atoms with Crippen LogP contribution in [0.4, 0.5) is 0 Å². The number of rotatable bonds is 1. The summed E-state index contributed by atoms with van der Waals surface area (Å²) in [5.74, 6) is 0. The molecular formula is C20H29N. The molecule has 0 saturated heterocycles. The first-order valence-electron chi connectivity index (χ1n) is 8.34. The van der Waals surface area contributed by atoms with Crippen molar-refractivity contribution in [2.24, 2.45) is 0 Å². The van der Waals surface area contributed by atoms with Crippen molar-refractivity contribution in [2.45, 2.75) is 77.7 Å². The van der Waals surface area contributed by atoms with Gasteiger partial charge in [0, 0.05) is 22.7 Å². The fourth-order valence-corrected chi connectivity index (χ4v) is 3.30. The third-order valence-corrected chi connectivity index (χ3v) is 4.92. The van der Waals surface area contributed by atoms with Crippen molar-refractivity contribution in [2.75, 3.05) is 0 Å². The van der Waals surface area contributed by atoms with Crippen LogP contribution in [0, 0.1) is 0 Å². The second kappa shape index (κ2) is 4.63. The quantitative estimate of drug-likeness (QED) is 0.608. The Bertz CT molecular complexity index is 657. The maximum absolute atomic E-state index is 2.65. The van der Waals surface area contributed by atoms with Crippen LogP contribution in [-0.2, 0) is 10.8 Å².